The predicted molar refractivity (Wildman–Crippen MR) is 94.0 cm³/mol. The number of benzene rings is 2. The van der Waals surface area contributed by atoms with Crippen molar-refractivity contribution in [1.82, 2.24) is 9.78 Å². The molecule has 0 fully saturated rings. The van der Waals surface area contributed by atoms with Crippen LogP contribution in [-0.2, 0) is 18.1 Å². The Balaban J connectivity index is 1.97. The van der Waals surface area contributed by atoms with Crippen LogP contribution in [0.5, 0.6) is 0 Å². The first-order valence-corrected chi connectivity index (χ1v) is 8.86. The molecule has 0 bridgehead atoms. The highest BCUT2D eigenvalue weighted by molar-refractivity contribution is 7.98. The monoisotopic (exact) mass is 417 g/mol. The van der Waals surface area contributed by atoms with E-state index >= 15 is 0 Å². The fourth-order valence-electron chi connectivity index (χ4n) is 2.49. The van der Waals surface area contributed by atoms with E-state index in [1.54, 1.807) is 30.3 Å². The van der Waals surface area contributed by atoms with Crippen molar-refractivity contribution >= 4 is 17.6 Å². The molecule has 28 heavy (non-hydrogen) atoms. The highest BCUT2D eigenvalue weighted by Crippen LogP contribution is 2.42. The second kappa shape index (κ2) is 7.42. The fraction of sp³-hybridized carbons (Fsp3) is 0.167. The molecule has 1 aromatic heterocycles. The zero-order chi connectivity index (χ0) is 20.5. The Hall–Kier alpha value is -2.62. The number of nitrogens with zero attached hydrogens (tertiary/aromatic N) is 2. The molecule has 2 N–H and O–H groups in total. The second-order valence-electron chi connectivity index (χ2n) is 5.79. The molecule has 0 saturated heterocycles. The van der Waals surface area contributed by atoms with Crippen LogP contribution in [0.4, 0.5) is 32.2 Å². The number of rotatable bonds is 4. The van der Waals surface area contributed by atoms with Crippen LogP contribution in [-0.4, -0.2) is 9.78 Å². The van der Waals surface area contributed by atoms with Crippen LogP contribution in [0.3, 0.4) is 0 Å². The van der Waals surface area contributed by atoms with E-state index in [-0.39, 0.29) is 16.5 Å². The smallest absolute Gasteiger partial charge is 0.383 e. The summed E-state index contributed by atoms with van der Waals surface area (Å²) in [5.41, 5.74) is 4.43. The molecule has 1 heterocycles. The van der Waals surface area contributed by atoms with Gasteiger partial charge in [-0.05, 0) is 29.8 Å². The minimum Gasteiger partial charge on any atom is -0.383 e. The Morgan fingerprint density at radius 1 is 0.857 bits per heavy atom. The number of nitrogens with two attached hydrogens (primary N) is 1. The number of nitrogen functional groups attached to an aromatic ring is 1. The largest absolute Gasteiger partial charge is 0.422 e. The molecule has 0 aliphatic rings. The summed E-state index contributed by atoms with van der Waals surface area (Å²) in [6.07, 6.45) is -9.31. The minimum absolute atomic E-state index is 0.00237. The van der Waals surface area contributed by atoms with E-state index in [2.05, 4.69) is 5.10 Å². The van der Waals surface area contributed by atoms with E-state index in [1.807, 2.05) is 0 Å². The van der Waals surface area contributed by atoms with Crippen LogP contribution in [0.2, 0.25) is 0 Å². The lowest BCUT2D eigenvalue weighted by atomic mass is 10.2. The van der Waals surface area contributed by atoms with E-state index in [9.17, 15) is 26.3 Å². The Morgan fingerprint density at radius 2 is 1.46 bits per heavy atom. The van der Waals surface area contributed by atoms with E-state index in [1.165, 1.54) is 0 Å². The lowest BCUT2D eigenvalue weighted by Crippen LogP contribution is -2.10. The van der Waals surface area contributed by atoms with Crippen LogP contribution >= 0.6 is 11.8 Å². The van der Waals surface area contributed by atoms with Crippen LogP contribution in [0.1, 0.15) is 16.7 Å². The van der Waals surface area contributed by atoms with Crippen molar-refractivity contribution in [1.29, 1.82) is 0 Å². The van der Waals surface area contributed by atoms with Crippen LogP contribution in [0.15, 0.2) is 59.6 Å². The molecule has 148 valence electrons. The molecule has 0 spiro atoms. The molecule has 3 nitrogen and oxygen atoms in total. The van der Waals surface area contributed by atoms with Gasteiger partial charge in [-0.15, -0.1) is 0 Å². The quantitative estimate of drug-likeness (QED) is 0.432. The Kier molecular flexibility index (Phi) is 5.33. The lowest BCUT2D eigenvalue weighted by molar-refractivity contribution is -0.139. The zero-order valence-corrected chi connectivity index (χ0v) is 14.9. The van der Waals surface area contributed by atoms with Gasteiger partial charge < -0.3 is 5.73 Å². The highest BCUT2D eigenvalue weighted by atomic mass is 32.2. The average Bonchev–Trinajstić information content (AvgIpc) is 2.97. The number of halogens is 6. The summed E-state index contributed by atoms with van der Waals surface area (Å²) in [5, 5.41) is 3.57. The summed E-state index contributed by atoms with van der Waals surface area (Å²) in [6.45, 7) is 0. The summed E-state index contributed by atoms with van der Waals surface area (Å²) in [6, 6.07) is 12.4. The fourth-order valence-corrected chi connectivity index (χ4v) is 3.49. The minimum atomic E-state index is -4.76. The third kappa shape index (κ3) is 4.27. The van der Waals surface area contributed by atoms with Gasteiger partial charge in [-0.25, -0.2) is 4.68 Å². The van der Waals surface area contributed by atoms with Gasteiger partial charge >= 0.3 is 12.4 Å². The van der Waals surface area contributed by atoms with Crippen molar-refractivity contribution in [3.05, 3.63) is 71.3 Å². The molecular weight excluding hydrogens is 404 g/mol. The molecular formula is C18H13F6N3S. The molecule has 0 amide bonds. The maximum atomic E-state index is 13.5. The number of alkyl halides is 6. The summed E-state index contributed by atoms with van der Waals surface area (Å²) < 4.78 is 79.3. The number of hydrogen-bond acceptors (Lipinski definition) is 3. The number of thioether (sulfide) groups is 1. The molecule has 3 rings (SSSR count). The zero-order valence-electron chi connectivity index (χ0n) is 14.1. The lowest BCUT2D eigenvalue weighted by Gasteiger charge is -2.09. The van der Waals surface area contributed by atoms with Gasteiger partial charge in [0.1, 0.15) is 16.4 Å². The van der Waals surface area contributed by atoms with E-state index in [0.29, 0.717) is 0 Å². The number of aromatic nitrogens is 2. The van der Waals surface area contributed by atoms with Gasteiger partial charge in [-0.2, -0.15) is 31.4 Å². The molecule has 10 heteroatoms. The summed E-state index contributed by atoms with van der Waals surface area (Å²) in [4.78, 5) is 0. The summed E-state index contributed by atoms with van der Waals surface area (Å²) in [5.74, 6) is -0.448. The van der Waals surface area contributed by atoms with Crippen molar-refractivity contribution in [3.63, 3.8) is 0 Å². The predicted octanol–water partition coefficient (Wildman–Crippen LogP) is 5.78. The van der Waals surface area contributed by atoms with Gasteiger partial charge in [0.25, 0.3) is 0 Å². The van der Waals surface area contributed by atoms with Gasteiger partial charge in [-0.1, -0.05) is 42.1 Å². The number of hydrogen-bond donors (Lipinski definition) is 1. The Bertz CT molecular complexity index is 946. The Morgan fingerprint density at radius 3 is 2.00 bits per heavy atom. The first kappa shape index (κ1) is 20.1. The van der Waals surface area contributed by atoms with Crippen molar-refractivity contribution in [3.8, 4) is 5.69 Å². The van der Waals surface area contributed by atoms with Crippen LogP contribution in [0, 0.1) is 0 Å². The van der Waals surface area contributed by atoms with E-state index in [4.69, 9.17) is 5.73 Å². The van der Waals surface area contributed by atoms with Crippen molar-refractivity contribution < 1.29 is 26.3 Å². The molecule has 0 aliphatic carbocycles. The topological polar surface area (TPSA) is 43.8 Å². The Labute approximate surface area is 160 Å². The molecule has 0 radical (unpaired) electrons. The first-order chi connectivity index (χ1) is 13.1. The SMILES string of the molecule is Nc1c(C(F)(F)F)c(SCc2ccccc2)nn1-c1ccc(C(F)(F)F)cc1. The van der Waals surface area contributed by atoms with Crippen LogP contribution in [0.25, 0.3) is 5.69 Å². The molecule has 2 aromatic carbocycles. The maximum absolute atomic E-state index is 13.5. The second-order valence-corrected chi connectivity index (χ2v) is 6.76. The molecule has 0 saturated carbocycles. The van der Waals surface area contributed by atoms with Crippen molar-refractivity contribution in [2.45, 2.75) is 23.1 Å². The van der Waals surface area contributed by atoms with Gasteiger partial charge in [0.05, 0.1) is 11.3 Å². The normalized spacial score (nSPS) is 12.4. The summed E-state index contributed by atoms with van der Waals surface area (Å²) >= 11 is 0.852. The van der Waals surface area contributed by atoms with Crippen molar-refractivity contribution in [2.24, 2.45) is 0 Å². The van der Waals surface area contributed by atoms with Gasteiger partial charge in [0, 0.05) is 5.75 Å². The first-order valence-electron chi connectivity index (χ1n) is 7.87. The van der Waals surface area contributed by atoms with Gasteiger partial charge in [0.2, 0.25) is 0 Å². The third-order valence-corrected chi connectivity index (χ3v) is 4.87. The van der Waals surface area contributed by atoms with Crippen LogP contribution < -0.4 is 5.73 Å². The van der Waals surface area contributed by atoms with E-state index in [0.717, 1.165) is 46.3 Å². The highest BCUT2D eigenvalue weighted by Gasteiger charge is 2.40. The third-order valence-electron chi connectivity index (χ3n) is 3.83. The average molecular weight is 417 g/mol. The number of anilines is 1. The molecule has 3 aromatic rings. The maximum Gasteiger partial charge on any atom is 0.422 e. The van der Waals surface area contributed by atoms with Gasteiger partial charge in [0.15, 0.2) is 0 Å². The molecule has 0 atom stereocenters. The van der Waals surface area contributed by atoms with Crippen molar-refractivity contribution in [2.75, 3.05) is 5.73 Å². The van der Waals surface area contributed by atoms with E-state index < -0.39 is 29.3 Å². The van der Waals surface area contributed by atoms with Gasteiger partial charge in [-0.3, -0.25) is 0 Å². The standard InChI is InChI=1S/C18H13F6N3S/c19-17(20,21)12-6-8-13(9-7-12)27-15(25)14(18(22,23)24)16(26-27)28-10-11-4-2-1-3-5-11/h1-9H,10,25H2. The summed E-state index contributed by atoms with van der Waals surface area (Å²) in [7, 11) is 0. The molecule has 0 unspecified atom stereocenters. The molecule has 0 aliphatic heterocycles.